The Labute approximate surface area is 226 Å². The summed E-state index contributed by atoms with van der Waals surface area (Å²) in [5.41, 5.74) is 2.88. The number of hydrogen-bond donors (Lipinski definition) is 1. The van der Waals surface area contributed by atoms with Gasteiger partial charge in [-0.15, -0.1) is 11.3 Å². The van der Waals surface area contributed by atoms with Crippen LogP contribution in [0.3, 0.4) is 0 Å². The summed E-state index contributed by atoms with van der Waals surface area (Å²) in [5, 5.41) is 9.82. The highest BCUT2D eigenvalue weighted by Gasteiger charge is 2.27. The SMILES string of the molecule is C=C[C@H](O)C(=O)N1CCN(Cc2sc3c(N4CCOCC4)nc(-c4cnc(N(C)C)nc4)nc3c2C)CC1. The minimum Gasteiger partial charge on any atom is -0.379 e. The van der Waals surface area contributed by atoms with Crippen LogP contribution in [0.15, 0.2) is 25.0 Å². The predicted molar refractivity (Wildman–Crippen MR) is 149 cm³/mol. The number of nitrogens with zero attached hydrogens (tertiary/aromatic N) is 8. The standard InChI is InChI=1S/C26H34N8O3S/c1-5-19(35)25(36)34-8-6-32(7-9-34)16-20-17(2)21-22(38-20)24(33-10-12-37-13-11-33)30-23(29-21)18-14-27-26(28-15-18)31(3)4/h5,14-15,19,35H,1,6-13,16H2,2-4H3/t19-/m0/s1. The van der Waals surface area contributed by atoms with E-state index in [1.807, 2.05) is 19.0 Å². The van der Waals surface area contributed by atoms with Crippen LogP contribution in [0.25, 0.3) is 21.6 Å². The van der Waals surface area contributed by atoms with E-state index in [9.17, 15) is 9.90 Å². The number of piperazine rings is 1. The monoisotopic (exact) mass is 538 g/mol. The van der Waals surface area contributed by atoms with Gasteiger partial charge < -0.3 is 24.5 Å². The number of morpholine rings is 1. The lowest BCUT2D eigenvalue weighted by Gasteiger charge is -2.35. The molecule has 2 aliphatic rings. The van der Waals surface area contributed by atoms with E-state index in [1.165, 1.54) is 11.0 Å². The van der Waals surface area contributed by atoms with Gasteiger partial charge in [-0.25, -0.2) is 19.9 Å². The van der Waals surface area contributed by atoms with Crippen molar-refractivity contribution in [1.29, 1.82) is 0 Å². The zero-order valence-electron chi connectivity index (χ0n) is 22.1. The Hall–Kier alpha value is -3.19. The summed E-state index contributed by atoms with van der Waals surface area (Å²) in [7, 11) is 3.82. The second-order valence-electron chi connectivity index (χ2n) is 9.75. The van der Waals surface area contributed by atoms with Crippen LogP contribution >= 0.6 is 11.3 Å². The van der Waals surface area contributed by atoms with Crippen molar-refractivity contribution in [2.45, 2.75) is 19.6 Å². The molecule has 12 heteroatoms. The van der Waals surface area contributed by atoms with Crippen molar-refractivity contribution >= 4 is 39.2 Å². The number of aromatic nitrogens is 4. The second-order valence-corrected chi connectivity index (χ2v) is 10.9. The molecule has 0 radical (unpaired) electrons. The highest BCUT2D eigenvalue weighted by Crippen LogP contribution is 2.38. The smallest absolute Gasteiger partial charge is 0.255 e. The summed E-state index contributed by atoms with van der Waals surface area (Å²) < 4.78 is 6.68. The molecule has 2 saturated heterocycles. The first kappa shape index (κ1) is 26.4. The van der Waals surface area contributed by atoms with Gasteiger partial charge in [0.25, 0.3) is 5.91 Å². The summed E-state index contributed by atoms with van der Waals surface area (Å²) in [6, 6.07) is 0. The number of carbonyl (C=O) groups excluding carboxylic acids is 1. The van der Waals surface area contributed by atoms with Crippen LogP contribution in [0.5, 0.6) is 0 Å². The number of ether oxygens (including phenoxy) is 1. The fourth-order valence-corrected chi connectivity index (χ4v) is 5.98. The number of aryl methyl sites for hydroxylation is 1. The summed E-state index contributed by atoms with van der Waals surface area (Å²) in [6.07, 6.45) is 3.69. The normalized spacial score (nSPS) is 17.6. The Morgan fingerprint density at radius 2 is 1.84 bits per heavy atom. The van der Waals surface area contributed by atoms with Crippen molar-refractivity contribution < 1.29 is 14.6 Å². The molecule has 5 rings (SSSR count). The minimum absolute atomic E-state index is 0.279. The third-order valence-corrected chi connectivity index (χ3v) is 8.24. The molecular weight excluding hydrogens is 504 g/mol. The summed E-state index contributed by atoms with van der Waals surface area (Å²) in [6.45, 7) is 12.0. The number of anilines is 2. The molecule has 0 aromatic carbocycles. The molecule has 11 nitrogen and oxygen atoms in total. The van der Waals surface area contributed by atoms with E-state index < -0.39 is 6.10 Å². The maximum absolute atomic E-state index is 12.3. The molecule has 2 fully saturated rings. The fourth-order valence-electron chi connectivity index (χ4n) is 4.67. The average molecular weight is 539 g/mol. The van der Waals surface area contributed by atoms with Gasteiger partial charge in [0, 0.05) is 77.2 Å². The van der Waals surface area contributed by atoms with Crippen LogP contribution < -0.4 is 9.80 Å². The van der Waals surface area contributed by atoms with Crippen LogP contribution in [-0.4, -0.2) is 113 Å². The molecule has 0 spiro atoms. The molecule has 202 valence electrons. The molecule has 3 aromatic heterocycles. The number of thiophene rings is 1. The van der Waals surface area contributed by atoms with E-state index in [2.05, 4.69) is 33.3 Å². The Bertz CT molecular complexity index is 1300. The van der Waals surface area contributed by atoms with Gasteiger partial charge >= 0.3 is 0 Å². The summed E-state index contributed by atoms with van der Waals surface area (Å²) in [5.74, 6) is 1.90. The molecule has 1 amide bonds. The average Bonchev–Trinajstić information content (AvgIpc) is 3.27. The Morgan fingerprint density at radius 1 is 1.16 bits per heavy atom. The zero-order chi connectivity index (χ0) is 26.8. The van der Waals surface area contributed by atoms with Gasteiger partial charge in [-0.2, -0.15) is 0 Å². The van der Waals surface area contributed by atoms with Crippen molar-refractivity contribution in [3.05, 3.63) is 35.5 Å². The van der Waals surface area contributed by atoms with Gasteiger partial charge in [-0.3, -0.25) is 9.69 Å². The van der Waals surface area contributed by atoms with Crippen LogP contribution in [0.4, 0.5) is 11.8 Å². The zero-order valence-corrected chi connectivity index (χ0v) is 22.9. The molecule has 3 aromatic rings. The number of aliphatic hydroxyl groups excluding tert-OH is 1. The first-order valence-corrected chi connectivity index (χ1v) is 13.6. The van der Waals surface area contributed by atoms with E-state index in [4.69, 9.17) is 14.7 Å². The van der Waals surface area contributed by atoms with Crippen LogP contribution in [0.1, 0.15) is 10.4 Å². The van der Waals surface area contributed by atoms with Crippen LogP contribution in [-0.2, 0) is 16.1 Å². The predicted octanol–water partition coefficient (Wildman–Crippen LogP) is 1.55. The van der Waals surface area contributed by atoms with Crippen molar-refractivity contribution in [1.82, 2.24) is 29.7 Å². The molecule has 1 atom stereocenters. The molecule has 1 N–H and O–H groups in total. The lowest BCUT2D eigenvalue weighted by atomic mass is 10.2. The number of hydrogen-bond acceptors (Lipinski definition) is 11. The van der Waals surface area contributed by atoms with Crippen LogP contribution in [0, 0.1) is 6.92 Å². The van der Waals surface area contributed by atoms with Gasteiger partial charge in [0.1, 0.15) is 0 Å². The van der Waals surface area contributed by atoms with Crippen molar-refractivity contribution in [3.63, 3.8) is 0 Å². The minimum atomic E-state index is -1.14. The Kier molecular flexibility index (Phi) is 7.84. The van der Waals surface area contributed by atoms with Crippen molar-refractivity contribution in [3.8, 4) is 11.4 Å². The van der Waals surface area contributed by atoms with Crippen LogP contribution in [0.2, 0.25) is 0 Å². The maximum Gasteiger partial charge on any atom is 0.255 e. The second kappa shape index (κ2) is 11.3. The Morgan fingerprint density at radius 3 is 2.47 bits per heavy atom. The highest BCUT2D eigenvalue weighted by molar-refractivity contribution is 7.19. The highest BCUT2D eigenvalue weighted by atomic mass is 32.1. The van der Waals surface area contributed by atoms with Gasteiger partial charge in [0.15, 0.2) is 17.7 Å². The maximum atomic E-state index is 12.3. The van der Waals surface area contributed by atoms with Crippen molar-refractivity contribution in [2.75, 3.05) is 76.4 Å². The number of fused-ring (bicyclic) bond motifs is 1. The van der Waals surface area contributed by atoms with E-state index >= 15 is 0 Å². The third-order valence-electron chi connectivity index (χ3n) is 6.98. The van der Waals surface area contributed by atoms with E-state index in [0.29, 0.717) is 38.1 Å². The van der Waals surface area contributed by atoms with Gasteiger partial charge in [-0.05, 0) is 12.5 Å². The molecule has 0 aliphatic carbocycles. The molecule has 0 saturated carbocycles. The van der Waals surface area contributed by atoms with E-state index in [-0.39, 0.29) is 5.91 Å². The molecule has 0 unspecified atom stereocenters. The third kappa shape index (κ3) is 5.35. The largest absolute Gasteiger partial charge is 0.379 e. The number of rotatable bonds is 7. The Balaban J connectivity index is 1.44. The molecule has 38 heavy (non-hydrogen) atoms. The van der Waals surface area contributed by atoms with Gasteiger partial charge in [0.2, 0.25) is 5.95 Å². The lowest BCUT2D eigenvalue weighted by Crippen LogP contribution is -2.50. The first-order chi connectivity index (χ1) is 18.4. The molecule has 2 aliphatic heterocycles. The van der Waals surface area contributed by atoms with Gasteiger partial charge in [-0.1, -0.05) is 12.7 Å². The van der Waals surface area contributed by atoms with Crippen molar-refractivity contribution in [2.24, 2.45) is 0 Å². The first-order valence-electron chi connectivity index (χ1n) is 12.8. The molecule has 5 heterocycles. The lowest BCUT2D eigenvalue weighted by molar-refractivity contribution is -0.139. The van der Waals surface area contributed by atoms with Gasteiger partial charge in [0.05, 0.1) is 29.0 Å². The topological polar surface area (TPSA) is 111 Å². The molecule has 0 bridgehead atoms. The van der Waals surface area contributed by atoms with E-state index in [0.717, 1.165) is 59.9 Å². The summed E-state index contributed by atoms with van der Waals surface area (Å²) >= 11 is 1.74. The fraction of sp³-hybridized carbons (Fsp3) is 0.500. The number of aliphatic hydroxyl groups is 1. The quantitative estimate of drug-likeness (QED) is 0.445. The van der Waals surface area contributed by atoms with E-state index in [1.54, 1.807) is 28.6 Å². The number of amides is 1. The summed E-state index contributed by atoms with van der Waals surface area (Å²) in [4.78, 5) is 40.7. The molecular formula is C26H34N8O3S. The number of carbonyl (C=O) groups is 1.